The normalized spacial score (nSPS) is 11.9. The fraction of sp³-hybridized carbons (Fsp3) is 0.429. The fourth-order valence-electron chi connectivity index (χ4n) is 1.73. The summed E-state index contributed by atoms with van der Waals surface area (Å²) in [6.45, 7) is 2.45. The summed E-state index contributed by atoms with van der Waals surface area (Å²) in [4.78, 5) is 22.8. The summed E-state index contributed by atoms with van der Waals surface area (Å²) in [6.07, 6.45) is 0.555. The highest BCUT2D eigenvalue weighted by Gasteiger charge is 2.14. The number of carbonyl (C=O) groups excluding carboxylic acids is 1. The van der Waals surface area contributed by atoms with Gasteiger partial charge in [0.05, 0.1) is 6.42 Å². The Morgan fingerprint density at radius 2 is 2.05 bits per heavy atom. The van der Waals surface area contributed by atoms with Gasteiger partial charge in [0, 0.05) is 25.3 Å². The summed E-state index contributed by atoms with van der Waals surface area (Å²) in [7, 11) is 1.61. The summed E-state index contributed by atoms with van der Waals surface area (Å²) >= 11 is 0. The van der Waals surface area contributed by atoms with Gasteiger partial charge in [-0.2, -0.15) is 0 Å². The molecular weight excluding hydrogens is 246 g/mol. The van der Waals surface area contributed by atoms with Gasteiger partial charge in [0.25, 0.3) is 5.91 Å². The van der Waals surface area contributed by atoms with Crippen LogP contribution in [0.4, 0.5) is 0 Å². The van der Waals surface area contributed by atoms with Crippen molar-refractivity contribution in [3.63, 3.8) is 0 Å². The van der Waals surface area contributed by atoms with Gasteiger partial charge in [0.1, 0.15) is 0 Å². The van der Waals surface area contributed by atoms with E-state index in [-0.39, 0.29) is 18.4 Å². The van der Waals surface area contributed by atoms with Gasteiger partial charge in [0.15, 0.2) is 0 Å². The van der Waals surface area contributed by atoms with Gasteiger partial charge in [0.2, 0.25) is 0 Å². The topological polar surface area (TPSA) is 75.6 Å². The average molecular weight is 265 g/mol. The van der Waals surface area contributed by atoms with Gasteiger partial charge in [-0.15, -0.1) is 0 Å². The molecule has 0 aliphatic rings. The van der Waals surface area contributed by atoms with E-state index in [2.05, 4.69) is 5.32 Å². The lowest BCUT2D eigenvalue weighted by molar-refractivity contribution is -0.136. The van der Waals surface area contributed by atoms with E-state index < -0.39 is 5.97 Å². The molecule has 1 unspecified atom stereocenters. The van der Waals surface area contributed by atoms with Crippen LogP contribution in [0.5, 0.6) is 0 Å². The van der Waals surface area contributed by atoms with Crippen molar-refractivity contribution in [3.05, 3.63) is 35.4 Å². The summed E-state index contributed by atoms with van der Waals surface area (Å²) in [5.74, 6) is -1.20. The first-order valence-electron chi connectivity index (χ1n) is 6.14. The second kappa shape index (κ2) is 7.53. The van der Waals surface area contributed by atoms with Gasteiger partial charge < -0.3 is 15.2 Å². The van der Waals surface area contributed by atoms with Crippen molar-refractivity contribution in [2.24, 2.45) is 0 Å². The number of rotatable bonds is 7. The summed E-state index contributed by atoms with van der Waals surface area (Å²) in [5, 5.41) is 11.7. The molecule has 1 amide bonds. The average Bonchev–Trinajstić information content (AvgIpc) is 2.36. The molecule has 0 saturated heterocycles. The number of carboxylic acids is 1. The number of methoxy groups -OCH3 is 1. The summed E-state index contributed by atoms with van der Waals surface area (Å²) < 4.78 is 4.95. The zero-order chi connectivity index (χ0) is 14.3. The van der Waals surface area contributed by atoms with Gasteiger partial charge in [-0.3, -0.25) is 9.59 Å². The maximum atomic E-state index is 12.1. The first-order chi connectivity index (χ1) is 9.04. The van der Waals surface area contributed by atoms with E-state index in [1.807, 2.05) is 6.92 Å². The van der Waals surface area contributed by atoms with Crippen molar-refractivity contribution in [2.75, 3.05) is 13.7 Å². The van der Waals surface area contributed by atoms with Crippen molar-refractivity contribution in [1.82, 2.24) is 5.32 Å². The lowest BCUT2D eigenvalue weighted by Gasteiger charge is -2.14. The Labute approximate surface area is 112 Å². The third-order valence-corrected chi connectivity index (χ3v) is 2.74. The van der Waals surface area contributed by atoms with Crippen LogP contribution in [0.15, 0.2) is 24.3 Å². The molecule has 5 nitrogen and oxygen atoms in total. The van der Waals surface area contributed by atoms with Crippen LogP contribution in [0, 0.1) is 0 Å². The van der Waals surface area contributed by atoms with Crippen molar-refractivity contribution < 1.29 is 19.4 Å². The van der Waals surface area contributed by atoms with Crippen LogP contribution in [0.3, 0.4) is 0 Å². The first kappa shape index (κ1) is 15.2. The van der Waals surface area contributed by atoms with Crippen molar-refractivity contribution >= 4 is 11.9 Å². The highest BCUT2D eigenvalue weighted by Crippen LogP contribution is 2.10. The van der Waals surface area contributed by atoms with Crippen LogP contribution >= 0.6 is 0 Å². The Kier molecular flexibility index (Phi) is 6.02. The van der Waals surface area contributed by atoms with E-state index in [1.54, 1.807) is 31.4 Å². The summed E-state index contributed by atoms with van der Waals surface area (Å²) in [5.41, 5.74) is 0.931. The minimum atomic E-state index is -0.951. The van der Waals surface area contributed by atoms with E-state index in [0.717, 1.165) is 0 Å². The number of nitrogens with one attached hydrogen (secondary N) is 1. The molecule has 1 atom stereocenters. The molecule has 0 aromatic heterocycles. The molecule has 19 heavy (non-hydrogen) atoms. The van der Waals surface area contributed by atoms with Crippen LogP contribution in [-0.2, 0) is 16.0 Å². The number of carbonyl (C=O) groups is 2. The van der Waals surface area contributed by atoms with E-state index in [9.17, 15) is 9.59 Å². The third kappa shape index (κ3) is 5.09. The van der Waals surface area contributed by atoms with Crippen LogP contribution in [-0.4, -0.2) is 36.7 Å². The number of amides is 1. The molecule has 1 aromatic carbocycles. The maximum Gasteiger partial charge on any atom is 0.307 e. The molecular formula is C14H19NO4. The summed E-state index contributed by atoms with van der Waals surface area (Å²) in [6, 6.07) is 6.72. The number of benzene rings is 1. The molecule has 0 aliphatic carbocycles. The molecule has 104 valence electrons. The minimum absolute atomic E-state index is 0.0228. The molecule has 0 bridgehead atoms. The van der Waals surface area contributed by atoms with Crippen molar-refractivity contribution in [3.8, 4) is 0 Å². The van der Waals surface area contributed by atoms with E-state index in [0.29, 0.717) is 24.2 Å². The zero-order valence-electron chi connectivity index (χ0n) is 11.2. The van der Waals surface area contributed by atoms with Crippen LogP contribution in [0.1, 0.15) is 29.3 Å². The molecule has 0 spiro atoms. The molecule has 2 N–H and O–H groups in total. The Morgan fingerprint density at radius 1 is 1.37 bits per heavy atom. The smallest absolute Gasteiger partial charge is 0.307 e. The van der Waals surface area contributed by atoms with Gasteiger partial charge in [-0.1, -0.05) is 18.2 Å². The van der Waals surface area contributed by atoms with Crippen LogP contribution < -0.4 is 5.32 Å². The Bertz CT molecular complexity index is 445. The number of carboxylic acid groups (broad SMARTS) is 1. The Morgan fingerprint density at radius 3 is 2.68 bits per heavy atom. The molecule has 0 aliphatic heterocycles. The van der Waals surface area contributed by atoms with Crippen LogP contribution in [0.25, 0.3) is 0 Å². The molecule has 5 heteroatoms. The highest BCUT2D eigenvalue weighted by atomic mass is 16.5. The first-order valence-corrected chi connectivity index (χ1v) is 6.14. The molecule has 1 rings (SSSR count). The predicted octanol–water partition coefficient (Wildman–Crippen LogP) is 1.47. The molecule has 0 heterocycles. The molecule has 0 saturated carbocycles. The predicted molar refractivity (Wildman–Crippen MR) is 71.2 cm³/mol. The number of aliphatic carboxylic acids is 1. The lowest BCUT2D eigenvalue weighted by Crippen LogP contribution is -2.34. The van der Waals surface area contributed by atoms with Gasteiger partial charge in [-0.25, -0.2) is 0 Å². The number of hydrogen-bond donors (Lipinski definition) is 2. The van der Waals surface area contributed by atoms with Crippen molar-refractivity contribution in [1.29, 1.82) is 0 Å². The quantitative estimate of drug-likeness (QED) is 0.782. The van der Waals surface area contributed by atoms with Gasteiger partial charge >= 0.3 is 5.97 Å². The zero-order valence-corrected chi connectivity index (χ0v) is 11.2. The number of ether oxygens (including phenoxy) is 1. The van der Waals surface area contributed by atoms with Gasteiger partial charge in [-0.05, 0) is 25.0 Å². The third-order valence-electron chi connectivity index (χ3n) is 2.74. The van der Waals surface area contributed by atoms with E-state index in [4.69, 9.17) is 9.84 Å². The second-order valence-corrected chi connectivity index (χ2v) is 4.38. The minimum Gasteiger partial charge on any atom is -0.481 e. The molecule has 1 aromatic rings. The number of hydrogen-bond acceptors (Lipinski definition) is 3. The standard InChI is InChI=1S/C14H19NO4/c1-10(7-8-19-2)15-14(18)12-6-4-3-5-11(12)9-13(16)17/h3-6,10H,7-9H2,1-2H3,(H,15,18)(H,16,17). The Balaban J connectivity index is 2.73. The highest BCUT2D eigenvalue weighted by molar-refractivity contribution is 5.96. The van der Waals surface area contributed by atoms with E-state index in [1.165, 1.54) is 0 Å². The van der Waals surface area contributed by atoms with Crippen molar-refractivity contribution in [2.45, 2.75) is 25.8 Å². The Hall–Kier alpha value is -1.88. The molecule has 0 radical (unpaired) electrons. The van der Waals surface area contributed by atoms with E-state index >= 15 is 0 Å². The monoisotopic (exact) mass is 265 g/mol. The maximum absolute atomic E-state index is 12.1. The largest absolute Gasteiger partial charge is 0.481 e. The SMILES string of the molecule is COCCC(C)NC(=O)c1ccccc1CC(=O)O. The molecule has 0 fully saturated rings. The second-order valence-electron chi connectivity index (χ2n) is 4.38. The lowest BCUT2D eigenvalue weighted by atomic mass is 10.0. The van der Waals surface area contributed by atoms with Crippen LogP contribution in [0.2, 0.25) is 0 Å². The fourth-order valence-corrected chi connectivity index (χ4v) is 1.73.